The molecule has 1 aromatic heterocycles. The van der Waals surface area contributed by atoms with E-state index >= 15 is 0 Å². The van der Waals surface area contributed by atoms with E-state index in [0.717, 1.165) is 13.4 Å². The van der Waals surface area contributed by atoms with Crippen LogP contribution in [0, 0.1) is 0 Å². The molecule has 1 saturated heterocycles. The molecular weight excluding hydrogens is 432 g/mol. The fourth-order valence-electron chi connectivity index (χ4n) is 3.54. The summed E-state index contributed by atoms with van der Waals surface area (Å²) < 4.78 is 39.9. The fourth-order valence-corrected chi connectivity index (χ4v) is 5.17. The number of rotatable bonds is 8. The molecular formula is C18H24N4O8S. The number of aryl methyl sites for hydroxylation is 1. The Morgan fingerprint density at radius 1 is 1.26 bits per heavy atom. The average Bonchev–Trinajstić information content (AvgIpc) is 3.29. The number of benzene rings is 1. The summed E-state index contributed by atoms with van der Waals surface area (Å²) in [6, 6.07) is 3.55. The van der Waals surface area contributed by atoms with Gasteiger partial charge in [-0.3, -0.25) is 19.1 Å². The first-order valence-electron chi connectivity index (χ1n) is 9.35. The Hall–Kier alpha value is -2.87. The van der Waals surface area contributed by atoms with Crippen molar-refractivity contribution in [1.29, 1.82) is 0 Å². The molecule has 2 heterocycles. The number of aromatic hydroxyl groups is 1. The van der Waals surface area contributed by atoms with Crippen molar-refractivity contribution >= 4 is 15.9 Å². The summed E-state index contributed by atoms with van der Waals surface area (Å²) in [5.41, 5.74) is 0.919. The predicted molar refractivity (Wildman–Crippen MR) is 106 cm³/mol. The van der Waals surface area contributed by atoms with Crippen LogP contribution in [0.4, 0.5) is 0 Å². The Kier molecular flexibility index (Phi) is 6.69. The van der Waals surface area contributed by atoms with E-state index in [1.54, 1.807) is 0 Å². The summed E-state index contributed by atoms with van der Waals surface area (Å²) in [6.07, 6.45) is 1.09. The zero-order chi connectivity index (χ0) is 22.8. The molecule has 0 radical (unpaired) electrons. The molecule has 1 aromatic carbocycles. The molecule has 0 bridgehead atoms. The van der Waals surface area contributed by atoms with Crippen molar-refractivity contribution in [3.63, 3.8) is 0 Å². The SMILES string of the molecule is COCCOc1ccc(S(=O)(=O)N2C[C@@H](n3c(O)cn(C)c3=O)C[C@@H]2C(=O)NO)cc1. The number of sulfonamides is 1. The molecule has 3 N–H and O–H groups in total. The Bertz CT molecular complexity index is 1090. The largest absolute Gasteiger partial charge is 0.493 e. The van der Waals surface area contributed by atoms with Crippen LogP contribution in [0.3, 0.4) is 0 Å². The molecule has 12 nitrogen and oxygen atoms in total. The van der Waals surface area contributed by atoms with Gasteiger partial charge in [0.05, 0.1) is 23.7 Å². The van der Waals surface area contributed by atoms with E-state index in [4.69, 9.17) is 14.7 Å². The number of carbonyl (C=O) groups excluding carboxylic acids is 1. The van der Waals surface area contributed by atoms with Crippen LogP contribution in [0.5, 0.6) is 11.6 Å². The average molecular weight is 456 g/mol. The number of hydrogen-bond donors (Lipinski definition) is 3. The van der Waals surface area contributed by atoms with Gasteiger partial charge in [-0.2, -0.15) is 4.31 Å². The molecule has 2 atom stereocenters. The molecule has 1 aliphatic rings. The van der Waals surface area contributed by atoms with Crippen LogP contribution in [0.2, 0.25) is 0 Å². The molecule has 2 aromatic rings. The highest BCUT2D eigenvalue weighted by atomic mass is 32.2. The molecule has 31 heavy (non-hydrogen) atoms. The second-order valence-corrected chi connectivity index (χ2v) is 8.91. The third kappa shape index (κ3) is 4.44. The van der Waals surface area contributed by atoms with Crippen LogP contribution in [0.25, 0.3) is 0 Å². The van der Waals surface area contributed by atoms with Crippen molar-refractivity contribution in [3.8, 4) is 11.6 Å². The van der Waals surface area contributed by atoms with E-state index in [2.05, 4.69) is 0 Å². The first-order valence-corrected chi connectivity index (χ1v) is 10.8. The lowest BCUT2D eigenvalue weighted by atomic mass is 10.1. The minimum Gasteiger partial charge on any atom is -0.493 e. The maximum absolute atomic E-state index is 13.2. The number of nitrogens with zero attached hydrogens (tertiary/aromatic N) is 3. The van der Waals surface area contributed by atoms with Crippen molar-refractivity contribution < 1.29 is 33.0 Å². The summed E-state index contributed by atoms with van der Waals surface area (Å²) in [6.45, 7) is 0.424. The highest BCUT2D eigenvalue weighted by molar-refractivity contribution is 7.89. The number of hydrogen-bond acceptors (Lipinski definition) is 8. The molecule has 1 amide bonds. The number of ether oxygens (including phenoxy) is 2. The van der Waals surface area contributed by atoms with Crippen LogP contribution < -0.4 is 15.9 Å². The number of hydroxylamine groups is 1. The lowest BCUT2D eigenvalue weighted by Gasteiger charge is -2.22. The smallest absolute Gasteiger partial charge is 0.331 e. The van der Waals surface area contributed by atoms with Crippen molar-refractivity contribution in [2.45, 2.75) is 23.4 Å². The van der Waals surface area contributed by atoms with Gasteiger partial charge in [0.1, 0.15) is 18.4 Å². The standard InChI is InChI=1S/C18H24N4O8S/c1-20-11-16(23)22(18(20)25)12-9-15(17(24)19-26)21(10-12)31(27,28)14-5-3-13(4-6-14)30-8-7-29-2/h3-6,11-12,15,23,26H,7-10H2,1-2H3,(H,19,24)/t12-,15+/m0/s1. The summed E-state index contributed by atoms with van der Waals surface area (Å²) in [5.74, 6) is -0.841. The summed E-state index contributed by atoms with van der Waals surface area (Å²) in [4.78, 5) is 24.4. The van der Waals surface area contributed by atoms with Crippen LogP contribution in [0.15, 0.2) is 40.2 Å². The summed E-state index contributed by atoms with van der Waals surface area (Å²) in [7, 11) is -1.19. The number of nitrogens with one attached hydrogen (secondary N) is 1. The minimum absolute atomic E-state index is 0.0902. The van der Waals surface area contributed by atoms with Gasteiger partial charge in [0.25, 0.3) is 5.91 Å². The molecule has 0 saturated carbocycles. The summed E-state index contributed by atoms with van der Waals surface area (Å²) in [5, 5.41) is 19.2. The van der Waals surface area contributed by atoms with Crippen molar-refractivity contribution in [3.05, 3.63) is 40.9 Å². The monoisotopic (exact) mass is 456 g/mol. The van der Waals surface area contributed by atoms with Gasteiger partial charge in [0.2, 0.25) is 15.9 Å². The second-order valence-electron chi connectivity index (χ2n) is 7.02. The Morgan fingerprint density at radius 2 is 1.94 bits per heavy atom. The number of aromatic nitrogens is 2. The maximum atomic E-state index is 13.2. The fraction of sp³-hybridized carbons (Fsp3) is 0.444. The highest BCUT2D eigenvalue weighted by Gasteiger charge is 2.45. The van der Waals surface area contributed by atoms with Crippen LogP contribution in [-0.4, -0.2) is 71.0 Å². The van der Waals surface area contributed by atoms with E-state index in [1.165, 1.54) is 50.1 Å². The van der Waals surface area contributed by atoms with E-state index in [9.17, 15) is 23.1 Å². The molecule has 170 valence electrons. The van der Waals surface area contributed by atoms with Gasteiger partial charge in [-0.25, -0.2) is 18.7 Å². The Labute approximate surface area is 178 Å². The van der Waals surface area contributed by atoms with Crippen LogP contribution in [-0.2, 0) is 26.6 Å². The number of methoxy groups -OCH3 is 1. The van der Waals surface area contributed by atoms with Gasteiger partial charge >= 0.3 is 5.69 Å². The van der Waals surface area contributed by atoms with E-state index in [0.29, 0.717) is 19.0 Å². The van der Waals surface area contributed by atoms with Crippen LogP contribution in [0.1, 0.15) is 12.5 Å². The third-order valence-electron chi connectivity index (χ3n) is 5.06. The van der Waals surface area contributed by atoms with Gasteiger partial charge < -0.3 is 14.6 Å². The zero-order valence-electron chi connectivity index (χ0n) is 17.0. The first-order chi connectivity index (χ1) is 14.7. The van der Waals surface area contributed by atoms with E-state index < -0.39 is 33.7 Å². The van der Waals surface area contributed by atoms with Crippen LogP contribution >= 0.6 is 0 Å². The van der Waals surface area contributed by atoms with Crippen molar-refractivity contribution in [1.82, 2.24) is 18.9 Å². The molecule has 0 aliphatic carbocycles. The topological polar surface area (TPSA) is 152 Å². The minimum atomic E-state index is -4.17. The quantitative estimate of drug-likeness (QED) is 0.271. The lowest BCUT2D eigenvalue weighted by molar-refractivity contribution is -0.132. The zero-order valence-corrected chi connectivity index (χ0v) is 17.8. The lowest BCUT2D eigenvalue weighted by Crippen LogP contribution is -2.45. The van der Waals surface area contributed by atoms with Gasteiger partial charge in [0, 0.05) is 20.7 Å². The van der Waals surface area contributed by atoms with Crippen molar-refractivity contribution in [2.24, 2.45) is 7.05 Å². The first kappa shape index (κ1) is 22.8. The number of carbonyl (C=O) groups is 1. The van der Waals surface area contributed by atoms with Gasteiger partial charge in [0.15, 0.2) is 0 Å². The third-order valence-corrected chi connectivity index (χ3v) is 6.95. The Morgan fingerprint density at radius 3 is 2.48 bits per heavy atom. The van der Waals surface area contributed by atoms with Gasteiger partial charge in [-0.1, -0.05) is 0 Å². The number of amides is 1. The number of imidazole rings is 1. The van der Waals surface area contributed by atoms with Gasteiger partial charge in [-0.15, -0.1) is 0 Å². The Balaban J connectivity index is 1.90. The molecule has 3 rings (SSSR count). The maximum Gasteiger partial charge on any atom is 0.331 e. The highest BCUT2D eigenvalue weighted by Crippen LogP contribution is 2.34. The van der Waals surface area contributed by atoms with Gasteiger partial charge in [-0.05, 0) is 30.7 Å². The van der Waals surface area contributed by atoms with Crippen molar-refractivity contribution in [2.75, 3.05) is 26.9 Å². The summed E-state index contributed by atoms with van der Waals surface area (Å²) >= 11 is 0. The second kappa shape index (κ2) is 9.09. The molecule has 13 heteroatoms. The molecule has 0 unspecified atom stereocenters. The molecule has 1 fully saturated rings. The predicted octanol–water partition coefficient (Wildman–Crippen LogP) is -0.573. The molecule has 1 aliphatic heterocycles. The van der Waals surface area contributed by atoms with E-state index in [-0.39, 0.29) is 23.7 Å². The normalized spacial score (nSPS) is 19.5. The van der Waals surface area contributed by atoms with E-state index in [1.807, 2.05) is 0 Å². The molecule has 0 spiro atoms.